The summed E-state index contributed by atoms with van der Waals surface area (Å²) in [5.74, 6) is 0.956. The number of aryl methyl sites for hydroxylation is 2. The van der Waals surface area contributed by atoms with E-state index in [2.05, 4.69) is 68.7 Å². The molecule has 0 unspecified atom stereocenters. The fourth-order valence-corrected chi connectivity index (χ4v) is 2.76. The molecule has 0 saturated carbocycles. The first kappa shape index (κ1) is 13.2. The van der Waals surface area contributed by atoms with Gasteiger partial charge in [0.05, 0.1) is 5.52 Å². The van der Waals surface area contributed by atoms with Crippen LogP contribution < -0.4 is 5.32 Å². The monoisotopic (exact) mass is 329 g/mol. The van der Waals surface area contributed by atoms with Gasteiger partial charge in [0.1, 0.15) is 10.4 Å². The van der Waals surface area contributed by atoms with E-state index >= 15 is 0 Å². The molecule has 0 spiro atoms. The van der Waals surface area contributed by atoms with Crippen molar-refractivity contribution in [2.75, 3.05) is 12.4 Å². The molecule has 1 N–H and O–H groups in total. The SMILES string of the molecule is CNc1ccn2c(-c3ccc(C)c(C)c3)nc(Br)c2c1. The number of nitrogens with one attached hydrogen (secondary N) is 1. The van der Waals surface area contributed by atoms with E-state index in [1.54, 1.807) is 0 Å². The number of hydrogen-bond acceptors (Lipinski definition) is 2. The Morgan fingerprint density at radius 1 is 1.10 bits per heavy atom. The quantitative estimate of drug-likeness (QED) is 0.753. The highest BCUT2D eigenvalue weighted by Gasteiger charge is 2.11. The minimum Gasteiger partial charge on any atom is -0.388 e. The first-order valence-corrected chi connectivity index (χ1v) is 7.32. The standard InChI is InChI=1S/C16H16BrN3/c1-10-4-5-12(8-11(10)2)16-19-15(17)14-9-13(18-3)6-7-20(14)16/h4-9,18H,1-3H3. The van der Waals surface area contributed by atoms with Crippen LogP contribution in [-0.2, 0) is 0 Å². The van der Waals surface area contributed by atoms with Crippen molar-refractivity contribution in [2.24, 2.45) is 0 Å². The minimum absolute atomic E-state index is 0.864. The van der Waals surface area contributed by atoms with Crippen LogP contribution in [0.3, 0.4) is 0 Å². The van der Waals surface area contributed by atoms with Gasteiger partial charge in [-0.05, 0) is 59.1 Å². The molecule has 0 amide bonds. The molecule has 102 valence electrons. The van der Waals surface area contributed by atoms with Crippen LogP contribution in [0.1, 0.15) is 11.1 Å². The summed E-state index contributed by atoms with van der Waals surface area (Å²) in [5, 5.41) is 3.15. The summed E-state index contributed by atoms with van der Waals surface area (Å²) in [6.07, 6.45) is 2.05. The Morgan fingerprint density at radius 3 is 2.60 bits per heavy atom. The third kappa shape index (κ3) is 2.10. The number of benzene rings is 1. The second-order valence-electron chi connectivity index (χ2n) is 4.95. The molecule has 20 heavy (non-hydrogen) atoms. The molecular formula is C16H16BrN3. The summed E-state index contributed by atoms with van der Waals surface area (Å²) in [6.45, 7) is 4.25. The average Bonchev–Trinajstić information content (AvgIpc) is 2.79. The van der Waals surface area contributed by atoms with E-state index in [1.165, 1.54) is 11.1 Å². The van der Waals surface area contributed by atoms with Gasteiger partial charge in [0.2, 0.25) is 0 Å². The van der Waals surface area contributed by atoms with Gasteiger partial charge < -0.3 is 5.32 Å². The zero-order chi connectivity index (χ0) is 14.3. The van der Waals surface area contributed by atoms with E-state index < -0.39 is 0 Å². The van der Waals surface area contributed by atoms with E-state index in [9.17, 15) is 0 Å². The lowest BCUT2D eigenvalue weighted by Gasteiger charge is -2.06. The molecular weight excluding hydrogens is 314 g/mol. The Morgan fingerprint density at radius 2 is 1.90 bits per heavy atom. The first-order chi connectivity index (χ1) is 9.60. The lowest BCUT2D eigenvalue weighted by molar-refractivity contribution is 1.16. The third-order valence-electron chi connectivity index (χ3n) is 3.65. The first-order valence-electron chi connectivity index (χ1n) is 6.53. The maximum Gasteiger partial charge on any atom is 0.145 e. The van der Waals surface area contributed by atoms with Gasteiger partial charge in [-0.2, -0.15) is 0 Å². The van der Waals surface area contributed by atoms with Crippen molar-refractivity contribution in [2.45, 2.75) is 13.8 Å². The number of rotatable bonds is 2. The number of pyridine rings is 1. The Bertz CT molecular complexity index is 790. The molecule has 4 heteroatoms. The number of fused-ring (bicyclic) bond motifs is 1. The summed E-state index contributed by atoms with van der Waals surface area (Å²) in [4.78, 5) is 4.66. The predicted octanol–water partition coefficient (Wildman–Crippen LogP) is 4.42. The number of hydrogen-bond donors (Lipinski definition) is 1. The Balaban J connectivity index is 2.23. The third-order valence-corrected chi connectivity index (χ3v) is 4.24. The van der Waals surface area contributed by atoms with Crippen LogP contribution in [0.25, 0.3) is 16.9 Å². The largest absolute Gasteiger partial charge is 0.388 e. The Hall–Kier alpha value is -1.81. The smallest absolute Gasteiger partial charge is 0.145 e. The highest BCUT2D eigenvalue weighted by Crippen LogP contribution is 2.28. The highest BCUT2D eigenvalue weighted by molar-refractivity contribution is 9.10. The molecule has 0 bridgehead atoms. The van der Waals surface area contributed by atoms with E-state index in [4.69, 9.17) is 0 Å². The van der Waals surface area contributed by atoms with Crippen molar-refractivity contribution in [3.05, 3.63) is 52.3 Å². The molecule has 3 rings (SSSR count). The van der Waals surface area contributed by atoms with Gasteiger partial charge in [0.15, 0.2) is 0 Å². The predicted molar refractivity (Wildman–Crippen MR) is 87.3 cm³/mol. The maximum atomic E-state index is 4.66. The number of halogens is 1. The van der Waals surface area contributed by atoms with Crippen LogP contribution in [0, 0.1) is 13.8 Å². The van der Waals surface area contributed by atoms with E-state index in [0.717, 1.165) is 27.2 Å². The van der Waals surface area contributed by atoms with E-state index in [0.29, 0.717) is 0 Å². The van der Waals surface area contributed by atoms with E-state index in [-0.39, 0.29) is 0 Å². The molecule has 0 radical (unpaired) electrons. The highest BCUT2D eigenvalue weighted by atomic mass is 79.9. The summed E-state index contributed by atoms with van der Waals surface area (Å²) in [7, 11) is 1.92. The Kier molecular flexibility index (Phi) is 3.26. The van der Waals surface area contributed by atoms with Gasteiger partial charge in [-0.25, -0.2) is 4.98 Å². The molecule has 0 saturated heterocycles. The lowest BCUT2D eigenvalue weighted by atomic mass is 10.1. The van der Waals surface area contributed by atoms with Crippen LogP contribution in [-0.4, -0.2) is 16.4 Å². The van der Waals surface area contributed by atoms with Gasteiger partial charge in [-0.3, -0.25) is 4.40 Å². The molecule has 0 atom stereocenters. The molecule has 3 nitrogen and oxygen atoms in total. The van der Waals surface area contributed by atoms with Crippen molar-refractivity contribution < 1.29 is 0 Å². The molecule has 2 aromatic heterocycles. The second-order valence-corrected chi connectivity index (χ2v) is 5.70. The maximum absolute atomic E-state index is 4.66. The van der Waals surface area contributed by atoms with Crippen molar-refractivity contribution in [3.63, 3.8) is 0 Å². The van der Waals surface area contributed by atoms with Crippen LogP contribution >= 0.6 is 15.9 Å². The topological polar surface area (TPSA) is 29.3 Å². The molecule has 0 aliphatic carbocycles. The fourth-order valence-electron chi connectivity index (χ4n) is 2.29. The molecule has 3 aromatic rings. The van der Waals surface area contributed by atoms with Crippen LogP contribution in [0.5, 0.6) is 0 Å². The molecule has 0 aliphatic rings. The minimum atomic E-state index is 0.864. The van der Waals surface area contributed by atoms with Gasteiger partial charge in [0, 0.05) is 24.5 Å². The lowest BCUT2D eigenvalue weighted by Crippen LogP contribution is -1.93. The zero-order valence-electron chi connectivity index (χ0n) is 11.7. The van der Waals surface area contributed by atoms with Crippen molar-refractivity contribution >= 4 is 27.1 Å². The van der Waals surface area contributed by atoms with Gasteiger partial charge >= 0.3 is 0 Å². The Labute approximate surface area is 126 Å². The van der Waals surface area contributed by atoms with Gasteiger partial charge in [-0.1, -0.05) is 12.1 Å². The van der Waals surface area contributed by atoms with E-state index in [1.807, 2.05) is 19.3 Å². The molecule has 2 heterocycles. The fraction of sp³-hybridized carbons (Fsp3) is 0.188. The second kappa shape index (κ2) is 4.94. The molecule has 1 aromatic carbocycles. The van der Waals surface area contributed by atoms with Crippen molar-refractivity contribution in [1.82, 2.24) is 9.38 Å². The number of anilines is 1. The number of aromatic nitrogens is 2. The summed E-state index contributed by atoms with van der Waals surface area (Å²) >= 11 is 3.55. The summed E-state index contributed by atoms with van der Waals surface area (Å²) in [5.41, 5.74) is 5.84. The molecule has 0 fully saturated rings. The summed E-state index contributed by atoms with van der Waals surface area (Å²) in [6, 6.07) is 10.6. The number of nitrogens with zero attached hydrogens (tertiary/aromatic N) is 2. The van der Waals surface area contributed by atoms with Crippen LogP contribution in [0.15, 0.2) is 41.1 Å². The van der Waals surface area contributed by atoms with Gasteiger partial charge in [-0.15, -0.1) is 0 Å². The van der Waals surface area contributed by atoms with Gasteiger partial charge in [0.25, 0.3) is 0 Å². The van der Waals surface area contributed by atoms with Crippen LogP contribution in [0.2, 0.25) is 0 Å². The van der Waals surface area contributed by atoms with Crippen molar-refractivity contribution in [1.29, 1.82) is 0 Å². The average molecular weight is 330 g/mol. The normalized spacial score (nSPS) is 11.0. The van der Waals surface area contributed by atoms with Crippen molar-refractivity contribution in [3.8, 4) is 11.4 Å². The summed E-state index contributed by atoms with van der Waals surface area (Å²) < 4.78 is 2.97. The zero-order valence-corrected chi connectivity index (χ0v) is 13.3. The molecule has 0 aliphatic heterocycles. The van der Waals surface area contributed by atoms with Crippen LogP contribution in [0.4, 0.5) is 5.69 Å². The number of imidazole rings is 1.